The molecule has 1 amide bonds. The molecule has 1 heterocycles. The third-order valence-corrected chi connectivity index (χ3v) is 6.81. The Bertz CT molecular complexity index is 1630. The SMILES string of the molecule is C=CCN(C)CC(=O)Nc1cccc(S(=O)(=O)Nc2nc3ccccc3nc2Nc2cc(O)cc(OC)c2)c1. The van der Waals surface area contributed by atoms with Crippen LogP contribution < -0.4 is 20.1 Å². The number of methoxy groups -OCH3 is 1. The smallest absolute Gasteiger partial charge is 0.263 e. The average Bonchev–Trinajstić information content (AvgIpc) is 2.88. The van der Waals surface area contributed by atoms with E-state index in [0.717, 1.165) is 0 Å². The number of hydrogen-bond acceptors (Lipinski definition) is 9. The molecular formula is C27H28N6O5S. The maximum absolute atomic E-state index is 13.4. The van der Waals surface area contributed by atoms with E-state index < -0.39 is 10.0 Å². The van der Waals surface area contributed by atoms with Crippen LogP contribution in [0.1, 0.15) is 0 Å². The lowest BCUT2D eigenvalue weighted by Gasteiger charge is -2.16. The number of benzene rings is 3. The molecule has 0 bridgehead atoms. The van der Waals surface area contributed by atoms with E-state index in [9.17, 15) is 18.3 Å². The lowest BCUT2D eigenvalue weighted by Crippen LogP contribution is -2.30. The highest BCUT2D eigenvalue weighted by molar-refractivity contribution is 7.92. The number of para-hydroxylation sites is 2. The fourth-order valence-electron chi connectivity index (χ4n) is 3.73. The molecule has 4 aromatic rings. The molecule has 0 radical (unpaired) electrons. The summed E-state index contributed by atoms with van der Waals surface area (Å²) in [5.41, 5.74) is 1.73. The van der Waals surface area contributed by atoms with Gasteiger partial charge in [0.25, 0.3) is 10.0 Å². The number of anilines is 4. The number of aromatic hydroxyl groups is 1. The van der Waals surface area contributed by atoms with E-state index in [1.807, 2.05) is 0 Å². The van der Waals surface area contributed by atoms with E-state index in [0.29, 0.717) is 34.7 Å². The van der Waals surface area contributed by atoms with E-state index >= 15 is 0 Å². The Balaban J connectivity index is 1.64. The van der Waals surface area contributed by atoms with Gasteiger partial charge in [0.1, 0.15) is 11.5 Å². The maximum atomic E-state index is 13.4. The number of nitrogens with zero attached hydrogens (tertiary/aromatic N) is 3. The summed E-state index contributed by atoms with van der Waals surface area (Å²) in [4.78, 5) is 23.1. The molecule has 0 atom stereocenters. The van der Waals surface area contributed by atoms with Crippen molar-refractivity contribution in [2.24, 2.45) is 0 Å². The number of hydrogen-bond donors (Lipinski definition) is 4. The largest absolute Gasteiger partial charge is 0.508 e. The zero-order valence-electron chi connectivity index (χ0n) is 21.4. The van der Waals surface area contributed by atoms with Gasteiger partial charge in [-0.25, -0.2) is 18.4 Å². The molecule has 4 rings (SSSR count). The maximum Gasteiger partial charge on any atom is 0.263 e. The number of aromatic nitrogens is 2. The monoisotopic (exact) mass is 548 g/mol. The molecule has 39 heavy (non-hydrogen) atoms. The number of carbonyl (C=O) groups excluding carboxylic acids is 1. The van der Waals surface area contributed by atoms with Gasteiger partial charge in [0.2, 0.25) is 5.91 Å². The van der Waals surface area contributed by atoms with Crippen molar-refractivity contribution in [1.82, 2.24) is 14.9 Å². The summed E-state index contributed by atoms with van der Waals surface area (Å²) in [6.07, 6.45) is 1.68. The van der Waals surface area contributed by atoms with Crippen LogP contribution in [0.2, 0.25) is 0 Å². The summed E-state index contributed by atoms with van der Waals surface area (Å²) in [7, 11) is -0.914. The van der Waals surface area contributed by atoms with Crippen molar-refractivity contribution in [1.29, 1.82) is 0 Å². The van der Waals surface area contributed by atoms with Gasteiger partial charge in [0.05, 0.1) is 29.6 Å². The second kappa shape index (κ2) is 11.8. The second-order valence-corrected chi connectivity index (χ2v) is 10.3. The first-order valence-electron chi connectivity index (χ1n) is 11.8. The van der Waals surface area contributed by atoms with Gasteiger partial charge in [0, 0.05) is 36.1 Å². The number of fused-ring (bicyclic) bond motifs is 1. The van der Waals surface area contributed by atoms with Crippen LogP contribution in [0.5, 0.6) is 11.5 Å². The summed E-state index contributed by atoms with van der Waals surface area (Å²) in [6.45, 7) is 4.29. The lowest BCUT2D eigenvalue weighted by molar-refractivity contribution is -0.116. The minimum Gasteiger partial charge on any atom is -0.508 e. The van der Waals surface area contributed by atoms with E-state index in [4.69, 9.17) is 4.74 Å². The molecular weight excluding hydrogens is 520 g/mol. The van der Waals surface area contributed by atoms with Crippen molar-refractivity contribution in [3.8, 4) is 11.5 Å². The van der Waals surface area contributed by atoms with Gasteiger partial charge in [-0.05, 0) is 37.4 Å². The van der Waals surface area contributed by atoms with Crippen LogP contribution in [0.3, 0.4) is 0 Å². The van der Waals surface area contributed by atoms with Gasteiger partial charge >= 0.3 is 0 Å². The molecule has 1 aromatic heterocycles. The molecule has 0 spiro atoms. The Morgan fingerprint density at radius 3 is 2.44 bits per heavy atom. The predicted molar refractivity (Wildman–Crippen MR) is 151 cm³/mol. The van der Waals surface area contributed by atoms with Crippen LogP contribution in [-0.2, 0) is 14.8 Å². The van der Waals surface area contributed by atoms with Crippen LogP contribution in [0.4, 0.5) is 23.0 Å². The fraction of sp³-hybridized carbons (Fsp3) is 0.148. The van der Waals surface area contributed by atoms with Crippen LogP contribution in [-0.4, -0.2) is 61.5 Å². The lowest BCUT2D eigenvalue weighted by atomic mass is 10.2. The number of phenolic OH excluding ortho intramolecular Hbond substituents is 1. The second-order valence-electron chi connectivity index (χ2n) is 8.62. The van der Waals surface area contributed by atoms with Crippen molar-refractivity contribution in [2.75, 3.05) is 42.6 Å². The Hall–Kier alpha value is -4.68. The molecule has 0 aliphatic carbocycles. The Labute approximate surface area is 226 Å². The summed E-state index contributed by atoms with van der Waals surface area (Å²) in [5.74, 6) is 0.0941. The molecule has 12 heteroatoms. The number of phenols is 1. The number of rotatable bonds is 11. The van der Waals surface area contributed by atoms with Gasteiger partial charge < -0.3 is 20.5 Å². The number of amides is 1. The summed E-state index contributed by atoms with van der Waals surface area (Å²) < 4.78 is 34.5. The number of nitrogens with one attached hydrogen (secondary N) is 3. The molecule has 0 unspecified atom stereocenters. The number of ether oxygens (including phenoxy) is 1. The quantitative estimate of drug-likeness (QED) is 0.205. The normalized spacial score (nSPS) is 11.3. The van der Waals surface area contributed by atoms with Crippen LogP contribution in [0.25, 0.3) is 11.0 Å². The van der Waals surface area contributed by atoms with Crippen molar-refractivity contribution in [3.05, 3.63) is 79.4 Å². The van der Waals surface area contributed by atoms with Gasteiger partial charge in [-0.3, -0.25) is 14.4 Å². The summed E-state index contributed by atoms with van der Waals surface area (Å²) >= 11 is 0. The number of sulfonamides is 1. The Kier molecular flexibility index (Phi) is 8.27. The third kappa shape index (κ3) is 7.00. The van der Waals surface area contributed by atoms with Crippen molar-refractivity contribution in [3.63, 3.8) is 0 Å². The van der Waals surface area contributed by atoms with Crippen LogP contribution >= 0.6 is 0 Å². The first-order valence-corrected chi connectivity index (χ1v) is 13.3. The van der Waals surface area contributed by atoms with E-state index in [1.165, 1.54) is 37.4 Å². The average molecular weight is 549 g/mol. The van der Waals surface area contributed by atoms with Gasteiger partial charge in [-0.15, -0.1) is 6.58 Å². The number of likely N-dealkylation sites (N-methyl/N-ethyl adjacent to an activating group) is 1. The molecule has 0 saturated carbocycles. The van der Waals surface area contributed by atoms with Gasteiger partial charge in [-0.2, -0.15) is 0 Å². The fourth-order valence-corrected chi connectivity index (χ4v) is 4.78. The third-order valence-electron chi connectivity index (χ3n) is 5.47. The first-order chi connectivity index (χ1) is 18.7. The summed E-state index contributed by atoms with van der Waals surface area (Å²) in [6, 6.07) is 17.4. The van der Waals surface area contributed by atoms with Crippen LogP contribution in [0.15, 0.2) is 84.3 Å². The van der Waals surface area contributed by atoms with Crippen LogP contribution in [0, 0.1) is 0 Å². The van der Waals surface area contributed by atoms with Gasteiger partial charge in [0.15, 0.2) is 11.6 Å². The molecule has 3 aromatic carbocycles. The summed E-state index contributed by atoms with van der Waals surface area (Å²) in [5, 5.41) is 15.8. The Morgan fingerprint density at radius 2 is 1.74 bits per heavy atom. The molecule has 11 nitrogen and oxygen atoms in total. The minimum atomic E-state index is -4.15. The van der Waals surface area contributed by atoms with E-state index in [-0.39, 0.29) is 34.7 Å². The zero-order chi connectivity index (χ0) is 28.0. The van der Waals surface area contributed by atoms with E-state index in [1.54, 1.807) is 54.4 Å². The molecule has 0 fully saturated rings. The highest BCUT2D eigenvalue weighted by Gasteiger charge is 2.20. The highest BCUT2D eigenvalue weighted by atomic mass is 32.2. The van der Waals surface area contributed by atoms with Gasteiger partial charge in [-0.1, -0.05) is 24.3 Å². The predicted octanol–water partition coefficient (Wildman–Crippen LogP) is 3.94. The highest BCUT2D eigenvalue weighted by Crippen LogP contribution is 2.31. The standard InChI is InChI=1S/C27H28N6O5S/c1-4-12-33(2)17-25(35)28-18-8-7-9-22(15-18)39(36,37)32-27-26(30-23-10-5-6-11-24(23)31-27)29-19-13-20(34)16-21(14-19)38-3/h4-11,13-16,34H,1,12,17H2,2-3H3,(H,28,35)(H,29,30)(H,31,32). The molecule has 4 N–H and O–H groups in total. The van der Waals surface area contributed by atoms with Crippen molar-refractivity contribution in [2.45, 2.75) is 4.90 Å². The topological polar surface area (TPSA) is 146 Å². The zero-order valence-corrected chi connectivity index (χ0v) is 22.2. The minimum absolute atomic E-state index is 0.0534. The molecule has 0 aliphatic rings. The van der Waals surface area contributed by atoms with E-state index in [2.05, 4.69) is 31.9 Å². The van der Waals surface area contributed by atoms with Crippen molar-refractivity contribution < 1.29 is 23.1 Å². The number of carbonyl (C=O) groups is 1. The molecule has 202 valence electrons. The molecule has 0 saturated heterocycles. The first kappa shape index (κ1) is 27.4. The Morgan fingerprint density at radius 1 is 1.03 bits per heavy atom. The van der Waals surface area contributed by atoms with Crippen molar-refractivity contribution >= 4 is 50.0 Å². The molecule has 0 aliphatic heterocycles.